The Morgan fingerprint density at radius 3 is 2.48 bits per heavy atom. The highest BCUT2D eigenvalue weighted by Gasteiger charge is 2.32. The molecule has 3 aromatic rings. The fourth-order valence-electron chi connectivity index (χ4n) is 2.72. The predicted molar refractivity (Wildman–Crippen MR) is 107 cm³/mol. The summed E-state index contributed by atoms with van der Waals surface area (Å²) in [6.45, 7) is 1.96. The van der Waals surface area contributed by atoms with Crippen molar-refractivity contribution in [2.75, 3.05) is 11.9 Å². The second-order valence-corrected chi connectivity index (χ2v) is 6.29. The summed E-state index contributed by atoms with van der Waals surface area (Å²) >= 11 is 0. The van der Waals surface area contributed by atoms with Crippen molar-refractivity contribution in [3.05, 3.63) is 71.3 Å². The molecule has 0 bridgehead atoms. The number of nitrogens with one attached hydrogen (secondary N) is 1. The first-order valence-corrected chi connectivity index (χ1v) is 9.19. The van der Waals surface area contributed by atoms with Gasteiger partial charge in [0.25, 0.3) is 5.56 Å². The van der Waals surface area contributed by atoms with E-state index in [0.29, 0.717) is 23.6 Å². The lowest BCUT2D eigenvalue weighted by Crippen LogP contribution is -2.28. The average molecular weight is 433 g/mol. The fraction of sp³-hybridized carbons (Fsp3) is 0.190. The first-order chi connectivity index (χ1) is 14.7. The van der Waals surface area contributed by atoms with Gasteiger partial charge in [0.2, 0.25) is 5.91 Å². The number of aromatic nitrogens is 2. The van der Waals surface area contributed by atoms with E-state index < -0.39 is 30.1 Å². The van der Waals surface area contributed by atoms with Gasteiger partial charge in [-0.15, -0.1) is 13.2 Å². The van der Waals surface area contributed by atoms with Crippen LogP contribution in [0.2, 0.25) is 0 Å². The van der Waals surface area contributed by atoms with E-state index in [-0.39, 0.29) is 5.69 Å². The quantitative estimate of drug-likeness (QED) is 0.612. The number of carbonyl (C=O) groups excluding carboxylic acids is 1. The van der Waals surface area contributed by atoms with Gasteiger partial charge in [-0.2, -0.15) is 0 Å². The van der Waals surface area contributed by atoms with E-state index in [0.717, 1.165) is 10.6 Å². The molecule has 1 aromatic heterocycles. The zero-order valence-corrected chi connectivity index (χ0v) is 16.3. The molecule has 1 heterocycles. The summed E-state index contributed by atoms with van der Waals surface area (Å²) in [6, 6.07) is 13.4. The molecule has 1 N–H and O–H groups in total. The zero-order chi connectivity index (χ0) is 22.4. The maximum Gasteiger partial charge on any atom is 0.573 e. The Balaban J connectivity index is 1.71. The van der Waals surface area contributed by atoms with Crippen LogP contribution in [-0.2, 0) is 11.3 Å². The molecule has 0 saturated heterocycles. The monoisotopic (exact) mass is 433 g/mol. The second kappa shape index (κ2) is 9.33. The highest BCUT2D eigenvalue weighted by Crippen LogP contribution is 2.29. The molecule has 3 rings (SSSR count). The highest BCUT2D eigenvalue weighted by molar-refractivity contribution is 5.92. The molecule has 162 valence electrons. The molecule has 0 fully saturated rings. The third-order valence-electron chi connectivity index (χ3n) is 4.04. The molecule has 0 radical (unpaired) electrons. The van der Waals surface area contributed by atoms with Crippen molar-refractivity contribution in [3.8, 4) is 22.8 Å². The molecule has 0 atom stereocenters. The maximum absolute atomic E-state index is 12.5. The van der Waals surface area contributed by atoms with Crippen LogP contribution < -0.4 is 20.3 Å². The number of anilines is 1. The van der Waals surface area contributed by atoms with Crippen molar-refractivity contribution in [3.63, 3.8) is 0 Å². The maximum atomic E-state index is 12.5. The Kier molecular flexibility index (Phi) is 6.58. The van der Waals surface area contributed by atoms with Gasteiger partial charge in [0.1, 0.15) is 12.3 Å². The third-order valence-corrected chi connectivity index (χ3v) is 4.04. The first kappa shape index (κ1) is 21.9. The van der Waals surface area contributed by atoms with Crippen LogP contribution in [0.15, 0.2) is 65.7 Å². The molecule has 0 unspecified atom stereocenters. The Morgan fingerprint density at radius 1 is 1.13 bits per heavy atom. The molecule has 0 aliphatic heterocycles. The van der Waals surface area contributed by atoms with Gasteiger partial charge in [-0.1, -0.05) is 12.1 Å². The first-order valence-electron chi connectivity index (χ1n) is 9.19. The van der Waals surface area contributed by atoms with Gasteiger partial charge in [-0.3, -0.25) is 14.2 Å². The number of amides is 1. The number of hydrogen-bond acceptors (Lipinski definition) is 5. The fourth-order valence-corrected chi connectivity index (χ4v) is 2.72. The van der Waals surface area contributed by atoms with Crippen LogP contribution in [0.25, 0.3) is 11.3 Å². The predicted octanol–water partition coefficient (Wildman–Crippen LogP) is 3.85. The van der Waals surface area contributed by atoms with E-state index in [4.69, 9.17) is 4.74 Å². The normalized spacial score (nSPS) is 11.1. The molecular weight excluding hydrogens is 415 g/mol. The van der Waals surface area contributed by atoms with Gasteiger partial charge >= 0.3 is 6.36 Å². The van der Waals surface area contributed by atoms with Crippen molar-refractivity contribution in [2.24, 2.45) is 0 Å². The summed E-state index contributed by atoms with van der Waals surface area (Å²) in [5, 5.41) is 2.31. The molecular formula is C21H18F3N3O4. The minimum atomic E-state index is -4.90. The van der Waals surface area contributed by atoms with Gasteiger partial charge in [0, 0.05) is 11.6 Å². The standard InChI is InChI=1S/C21H18F3N3O4/c1-2-30-15-9-7-14(8-10-15)17-11-20(29)27(13-25-17)12-19(28)26-16-5-3-4-6-18(16)31-21(22,23)24/h3-11,13H,2,12H2,1H3,(H,26,28). The van der Waals surface area contributed by atoms with Crippen molar-refractivity contribution in [1.29, 1.82) is 0 Å². The van der Waals surface area contributed by atoms with Gasteiger partial charge in [0.05, 0.1) is 24.3 Å². The average Bonchev–Trinajstić information content (AvgIpc) is 2.71. The number of carbonyl (C=O) groups is 1. The topological polar surface area (TPSA) is 82.5 Å². The lowest BCUT2D eigenvalue weighted by Gasteiger charge is -2.14. The van der Waals surface area contributed by atoms with E-state index in [2.05, 4.69) is 15.0 Å². The number of para-hydroxylation sites is 2. The number of rotatable bonds is 7. The molecule has 10 heteroatoms. The second-order valence-electron chi connectivity index (χ2n) is 6.29. The van der Waals surface area contributed by atoms with Gasteiger partial charge in [0.15, 0.2) is 5.75 Å². The van der Waals surface area contributed by atoms with Gasteiger partial charge in [-0.25, -0.2) is 4.98 Å². The summed E-state index contributed by atoms with van der Waals surface area (Å²) in [7, 11) is 0. The van der Waals surface area contributed by atoms with Crippen LogP contribution in [0.5, 0.6) is 11.5 Å². The van der Waals surface area contributed by atoms with Crippen molar-refractivity contribution >= 4 is 11.6 Å². The Hall–Kier alpha value is -3.82. The zero-order valence-electron chi connectivity index (χ0n) is 16.3. The smallest absolute Gasteiger partial charge is 0.494 e. The van der Waals surface area contributed by atoms with E-state index in [9.17, 15) is 22.8 Å². The highest BCUT2D eigenvalue weighted by atomic mass is 19.4. The molecule has 0 aliphatic rings. The number of halogens is 3. The van der Waals surface area contributed by atoms with Gasteiger partial charge < -0.3 is 14.8 Å². The molecule has 7 nitrogen and oxygen atoms in total. The number of alkyl halides is 3. The van der Waals surface area contributed by atoms with E-state index in [1.54, 1.807) is 24.3 Å². The van der Waals surface area contributed by atoms with Crippen LogP contribution >= 0.6 is 0 Å². The summed E-state index contributed by atoms with van der Waals surface area (Å²) in [4.78, 5) is 28.8. The van der Waals surface area contributed by atoms with E-state index in [1.165, 1.54) is 30.6 Å². The summed E-state index contributed by atoms with van der Waals surface area (Å²) in [5.41, 5.74) is 0.440. The van der Waals surface area contributed by atoms with Crippen LogP contribution in [0.4, 0.5) is 18.9 Å². The SMILES string of the molecule is CCOc1ccc(-c2cc(=O)n(CC(=O)Nc3ccccc3OC(F)(F)F)cn2)cc1. The summed E-state index contributed by atoms with van der Waals surface area (Å²) < 4.78 is 47.8. The van der Waals surface area contributed by atoms with Crippen LogP contribution in [0.1, 0.15) is 6.92 Å². The van der Waals surface area contributed by atoms with Crippen LogP contribution in [-0.4, -0.2) is 28.4 Å². The molecule has 0 saturated carbocycles. The largest absolute Gasteiger partial charge is 0.573 e. The number of hydrogen-bond donors (Lipinski definition) is 1. The Bertz CT molecular complexity index is 1110. The number of nitrogens with zero attached hydrogens (tertiary/aromatic N) is 2. The summed E-state index contributed by atoms with van der Waals surface area (Å²) in [6.07, 6.45) is -3.70. The Morgan fingerprint density at radius 2 is 1.84 bits per heavy atom. The minimum absolute atomic E-state index is 0.170. The molecule has 1 amide bonds. The van der Waals surface area contributed by atoms with Crippen LogP contribution in [0, 0.1) is 0 Å². The molecule has 31 heavy (non-hydrogen) atoms. The van der Waals surface area contributed by atoms with Crippen molar-refractivity contribution in [2.45, 2.75) is 19.8 Å². The lowest BCUT2D eigenvalue weighted by atomic mass is 10.1. The molecule has 0 aliphatic carbocycles. The van der Waals surface area contributed by atoms with Crippen molar-refractivity contribution < 1.29 is 27.4 Å². The van der Waals surface area contributed by atoms with Crippen LogP contribution in [0.3, 0.4) is 0 Å². The third kappa shape index (κ3) is 6.08. The minimum Gasteiger partial charge on any atom is -0.494 e. The van der Waals surface area contributed by atoms with E-state index in [1.807, 2.05) is 6.92 Å². The van der Waals surface area contributed by atoms with E-state index >= 15 is 0 Å². The summed E-state index contributed by atoms with van der Waals surface area (Å²) in [5.74, 6) is -0.582. The number of benzene rings is 2. The molecule has 2 aromatic carbocycles. The lowest BCUT2D eigenvalue weighted by molar-refractivity contribution is -0.274. The number of ether oxygens (including phenoxy) is 2. The Labute approximate surface area is 175 Å². The van der Waals surface area contributed by atoms with Gasteiger partial charge in [-0.05, 0) is 43.3 Å². The van der Waals surface area contributed by atoms with Crippen molar-refractivity contribution in [1.82, 2.24) is 9.55 Å². The molecule has 0 spiro atoms.